The summed E-state index contributed by atoms with van der Waals surface area (Å²) in [6, 6.07) is -0.655. The number of sulfone groups is 1. The first-order valence-corrected chi connectivity index (χ1v) is 7.41. The van der Waals surface area contributed by atoms with Crippen LogP contribution in [0.4, 0.5) is 4.79 Å². The molecule has 8 nitrogen and oxygen atoms in total. The molecule has 0 aliphatic heterocycles. The Labute approximate surface area is 111 Å². The lowest BCUT2D eigenvalue weighted by Crippen LogP contribution is -2.34. The molecule has 1 heterocycles. The Bertz CT molecular complexity index is 558. The predicted octanol–water partition coefficient (Wildman–Crippen LogP) is 1.06. The third-order valence-electron chi connectivity index (χ3n) is 1.84. The highest BCUT2D eigenvalue weighted by Gasteiger charge is 2.23. The zero-order valence-corrected chi connectivity index (χ0v) is 12.2. The lowest BCUT2D eigenvalue weighted by molar-refractivity contribution is 0.0500. The number of alkyl carbamates (subject to hydrolysis) is 1. The molecule has 1 aromatic rings. The van der Waals surface area contributed by atoms with Gasteiger partial charge in [0.2, 0.25) is 15.7 Å². The molecule has 0 aliphatic rings. The van der Waals surface area contributed by atoms with Gasteiger partial charge < -0.3 is 14.5 Å². The molecule has 1 aromatic heterocycles. The van der Waals surface area contributed by atoms with Crippen LogP contribution in [0.1, 0.15) is 39.6 Å². The van der Waals surface area contributed by atoms with Gasteiger partial charge in [-0.3, -0.25) is 0 Å². The second-order valence-electron chi connectivity index (χ2n) is 5.05. The molecule has 19 heavy (non-hydrogen) atoms. The molecule has 0 unspecified atom stereocenters. The van der Waals surface area contributed by atoms with Gasteiger partial charge in [-0.1, -0.05) is 5.10 Å². The van der Waals surface area contributed by atoms with Crippen LogP contribution in [0.2, 0.25) is 0 Å². The van der Waals surface area contributed by atoms with Crippen molar-refractivity contribution in [3.05, 3.63) is 5.89 Å². The highest BCUT2D eigenvalue weighted by atomic mass is 32.2. The molecule has 0 aromatic carbocycles. The van der Waals surface area contributed by atoms with Crippen LogP contribution in [-0.4, -0.2) is 36.6 Å². The van der Waals surface area contributed by atoms with E-state index in [2.05, 4.69) is 15.5 Å². The predicted molar refractivity (Wildman–Crippen MR) is 65.2 cm³/mol. The third-order valence-corrected chi connectivity index (χ3v) is 2.64. The molecule has 1 rings (SSSR count). The Morgan fingerprint density at radius 3 is 2.37 bits per heavy atom. The molecule has 108 valence electrons. The number of rotatable bonds is 3. The number of carbonyl (C=O) groups excluding carboxylic acids is 1. The first kappa shape index (κ1) is 15.4. The summed E-state index contributed by atoms with van der Waals surface area (Å²) >= 11 is 0. The summed E-state index contributed by atoms with van der Waals surface area (Å²) in [7, 11) is -3.56. The van der Waals surface area contributed by atoms with E-state index in [-0.39, 0.29) is 5.89 Å². The van der Waals surface area contributed by atoms with Crippen LogP contribution >= 0.6 is 0 Å². The van der Waals surface area contributed by atoms with Crippen LogP contribution in [0.3, 0.4) is 0 Å². The molecule has 0 radical (unpaired) electrons. The number of ether oxygens (including phenoxy) is 1. The number of amides is 1. The van der Waals surface area contributed by atoms with Crippen LogP contribution in [0.25, 0.3) is 0 Å². The molecule has 0 bridgehead atoms. The molecular formula is C10H17N3O5S. The second kappa shape index (κ2) is 5.16. The van der Waals surface area contributed by atoms with E-state index >= 15 is 0 Å². The fraction of sp³-hybridized carbons (Fsp3) is 0.700. The summed E-state index contributed by atoms with van der Waals surface area (Å²) < 4.78 is 32.3. The Morgan fingerprint density at radius 2 is 1.95 bits per heavy atom. The van der Waals surface area contributed by atoms with Gasteiger partial charge in [-0.25, -0.2) is 13.2 Å². The van der Waals surface area contributed by atoms with Gasteiger partial charge in [0.1, 0.15) is 11.6 Å². The Morgan fingerprint density at radius 1 is 1.37 bits per heavy atom. The monoisotopic (exact) mass is 291 g/mol. The van der Waals surface area contributed by atoms with E-state index in [9.17, 15) is 13.2 Å². The maximum absolute atomic E-state index is 11.5. The van der Waals surface area contributed by atoms with Crippen molar-refractivity contribution in [2.45, 2.75) is 44.6 Å². The van der Waals surface area contributed by atoms with Gasteiger partial charge in [0.05, 0.1) is 0 Å². The van der Waals surface area contributed by atoms with E-state index in [0.29, 0.717) is 0 Å². The Balaban J connectivity index is 2.72. The van der Waals surface area contributed by atoms with Gasteiger partial charge in [0.15, 0.2) is 0 Å². The van der Waals surface area contributed by atoms with Crippen LogP contribution in [0.5, 0.6) is 0 Å². The molecule has 1 atom stereocenters. The van der Waals surface area contributed by atoms with Crippen LogP contribution in [0, 0.1) is 0 Å². The van der Waals surface area contributed by atoms with E-state index in [0.717, 1.165) is 6.26 Å². The summed E-state index contributed by atoms with van der Waals surface area (Å²) in [4.78, 5) is 11.5. The topological polar surface area (TPSA) is 111 Å². The smallest absolute Gasteiger partial charge is 0.408 e. The zero-order valence-electron chi connectivity index (χ0n) is 11.4. The van der Waals surface area contributed by atoms with Crippen LogP contribution < -0.4 is 5.32 Å². The third kappa shape index (κ3) is 4.86. The largest absolute Gasteiger partial charge is 0.444 e. The van der Waals surface area contributed by atoms with Crippen molar-refractivity contribution >= 4 is 15.9 Å². The number of nitrogens with zero attached hydrogens (tertiary/aromatic N) is 2. The summed E-state index contributed by atoms with van der Waals surface area (Å²) in [6.45, 7) is 6.76. The molecule has 0 saturated heterocycles. The zero-order chi connectivity index (χ0) is 14.8. The summed E-state index contributed by atoms with van der Waals surface area (Å²) in [5.41, 5.74) is -0.628. The minimum atomic E-state index is -3.56. The standard InChI is InChI=1S/C10H17N3O5S/c1-6(11-8(14)18-10(2,3)4)7-12-13-9(17-7)19(5,15)16/h6H,1-5H3,(H,11,14)/t6-/m0/s1. The number of hydrogen-bond donors (Lipinski definition) is 1. The lowest BCUT2D eigenvalue weighted by atomic mass is 10.2. The van der Waals surface area contributed by atoms with Crippen molar-refractivity contribution < 1.29 is 22.4 Å². The van der Waals surface area contributed by atoms with Crippen molar-refractivity contribution in [1.82, 2.24) is 15.5 Å². The van der Waals surface area contributed by atoms with Crippen molar-refractivity contribution in [3.63, 3.8) is 0 Å². The van der Waals surface area contributed by atoms with Crippen molar-refractivity contribution in [2.75, 3.05) is 6.26 Å². The number of carbonyl (C=O) groups is 1. The summed E-state index contributed by atoms with van der Waals surface area (Å²) in [5, 5.41) is 8.94. The Kier molecular flexibility index (Phi) is 4.18. The van der Waals surface area contributed by atoms with Crippen molar-refractivity contribution in [3.8, 4) is 0 Å². The van der Waals surface area contributed by atoms with Crippen LogP contribution in [-0.2, 0) is 14.6 Å². The van der Waals surface area contributed by atoms with Crippen LogP contribution in [0.15, 0.2) is 9.64 Å². The van der Waals surface area contributed by atoms with Gasteiger partial charge in [-0.15, -0.1) is 5.10 Å². The highest BCUT2D eigenvalue weighted by Crippen LogP contribution is 2.15. The van der Waals surface area contributed by atoms with Gasteiger partial charge in [-0.2, -0.15) is 0 Å². The normalized spacial score (nSPS) is 13.9. The highest BCUT2D eigenvalue weighted by molar-refractivity contribution is 7.90. The van der Waals surface area contributed by atoms with Gasteiger partial charge in [0.25, 0.3) is 0 Å². The maximum Gasteiger partial charge on any atom is 0.408 e. The number of aromatic nitrogens is 2. The first-order valence-electron chi connectivity index (χ1n) is 5.52. The second-order valence-corrected chi connectivity index (χ2v) is 6.94. The average Bonchev–Trinajstić information content (AvgIpc) is 2.61. The molecule has 9 heteroatoms. The maximum atomic E-state index is 11.5. The first-order chi connectivity index (χ1) is 8.49. The summed E-state index contributed by atoms with van der Waals surface area (Å²) in [5.74, 6) is -0.00807. The molecule has 0 fully saturated rings. The minimum absolute atomic E-state index is 0.00807. The van der Waals surface area contributed by atoms with Crippen molar-refractivity contribution in [2.24, 2.45) is 0 Å². The average molecular weight is 291 g/mol. The van der Waals surface area contributed by atoms with E-state index < -0.39 is 32.8 Å². The van der Waals surface area contributed by atoms with E-state index in [4.69, 9.17) is 9.15 Å². The van der Waals surface area contributed by atoms with Crippen molar-refractivity contribution in [1.29, 1.82) is 0 Å². The summed E-state index contributed by atoms with van der Waals surface area (Å²) in [6.07, 6.45) is 0.301. The van der Waals surface area contributed by atoms with Gasteiger partial charge >= 0.3 is 11.3 Å². The fourth-order valence-electron chi connectivity index (χ4n) is 1.09. The molecule has 1 N–H and O–H groups in total. The number of hydrogen-bond acceptors (Lipinski definition) is 7. The quantitative estimate of drug-likeness (QED) is 0.886. The van der Waals surface area contributed by atoms with Gasteiger partial charge in [0, 0.05) is 6.26 Å². The number of nitrogens with one attached hydrogen (secondary N) is 1. The fourth-order valence-corrected chi connectivity index (χ4v) is 1.52. The molecule has 1 amide bonds. The van der Waals surface area contributed by atoms with E-state index in [1.54, 1.807) is 27.7 Å². The van der Waals surface area contributed by atoms with E-state index in [1.165, 1.54) is 0 Å². The molecular weight excluding hydrogens is 274 g/mol. The molecule has 0 spiro atoms. The SMILES string of the molecule is C[C@H](NC(=O)OC(C)(C)C)c1nnc(S(C)(=O)=O)o1. The minimum Gasteiger partial charge on any atom is -0.444 e. The Hall–Kier alpha value is -1.64. The van der Waals surface area contributed by atoms with E-state index in [1.807, 2.05) is 0 Å². The lowest BCUT2D eigenvalue weighted by Gasteiger charge is -2.20. The van der Waals surface area contributed by atoms with Gasteiger partial charge in [-0.05, 0) is 27.7 Å². The molecule has 0 saturated carbocycles. The molecule has 0 aliphatic carbocycles.